The predicted octanol–water partition coefficient (Wildman–Crippen LogP) is 19.4. The van der Waals surface area contributed by atoms with E-state index in [0.717, 1.165) is 130 Å². The van der Waals surface area contributed by atoms with Crippen LogP contribution >= 0.6 is 0 Å². The summed E-state index contributed by atoms with van der Waals surface area (Å²) in [6.07, 6.45) is 10.7. The molecule has 27 nitrogen and oxygen atoms in total. The van der Waals surface area contributed by atoms with E-state index < -0.39 is 125 Å². The SMILES string of the molecule is COc1ccc(CC2C(=O)NC(=O)N(C(c3ccccc3)c3ccccc3)C2=O)cc1.O=C(CC(c1ccccc1)C1C(=O)NC(=O)N(c2ccccc2)C1=O)c1ccccc1.O=C1C(Cc2ccccc2)C(=O)N(C2CCCCC2)C(=O)N1C1CCCCC1.O=C1NC(=O)N(C(c2ccccc2)c2ccccc2)C(=O)C1Cc1ccccc1.O=C1NC(=O)N(Cc2ccccc2)C(=O)C1C(c1ccccc1)c1ccccc1. The fraction of sp³-hybridized carbons (Fsp3) is 0.223. The second-order valence-corrected chi connectivity index (χ2v) is 37.1. The molecule has 27 heteroatoms. The molecule has 20 rings (SSSR count). The minimum atomic E-state index is -1.21. The Morgan fingerprint density at radius 2 is 0.615 bits per heavy atom. The van der Waals surface area contributed by atoms with Crippen LogP contribution in [0.1, 0.15) is 166 Å². The number of anilines is 1. The molecular formula is C121H112N10O17. The lowest BCUT2D eigenvalue weighted by Crippen LogP contribution is -2.65. The standard InChI is InChI=1S/C25H22N2O4.C25H20N2O4.2C24H20N2O3.C23H30N2O3/c1-31-20-14-12-17(13-15-20)16-21-23(28)26-25(30)27(24(21)29)22(18-8-4-2-5-9-18)19-10-6-3-7-11-19;28-21(18-12-6-2-7-13-18)16-20(17-10-4-1-5-11-17)22-23(29)26-25(31)27(24(22)30)19-14-8-3-9-15-19;27-22-21(20(18-12-6-2-7-13-18)19-14-8-3-9-15-19)23(28)26(24(29)25-22)16-17-10-4-1-5-11-17;27-22-20(16-17-10-4-1-5-11-17)23(28)26(24(29)25-22)21(18-12-6-2-7-13-18)19-14-8-3-9-15-19;26-21-20(16-17-10-4-1-5-11-17)22(27)25(19-14-8-3-9-15-19)23(28)24(21)18-12-6-2-7-13-18/h2-15,21-22H,16H2,1H3,(H,26,28,30);1-15,20,22H,16H2,(H,26,29,31);2*1-15,20-21H,16H2,(H,25,27,29);1,4-5,10-11,18-20H,2-3,6-9,12-16H2. The molecule has 7 aliphatic rings. The van der Waals surface area contributed by atoms with Crippen molar-refractivity contribution in [3.8, 4) is 5.75 Å². The average molecular weight is 1980 g/mol. The van der Waals surface area contributed by atoms with E-state index in [2.05, 4.69) is 21.3 Å². The van der Waals surface area contributed by atoms with E-state index in [1.54, 1.807) is 98.1 Å². The van der Waals surface area contributed by atoms with Crippen LogP contribution in [0, 0.1) is 29.6 Å². The molecule has 5 atom stereocenters. The Labute approximate surface area is 857 Å². The summed E-state index contributed by atoms with van der Waals surface area (Å²) in [5.41, 5.74) is 9.88. The van der Waals surface area contributed by atoms with Crippen LogP contribution in [-0.4, -0.2) is 139 Å². The summed E-state index contributed by atoms with van der Waals surface area (Å²) in [6.45, 7) is 0.117. The Balaban J connectivity index is 0.000000132. The van der Waals surface area contributed by atoms with Gasteiger partial charge in [0.05, 0.1) is 31.4 Å². The second-order valence-electron chi connectivity index (χ2n) is 37.1. The lowest BCUT2D eigenvalue weighted by atomic mass is 9.78. The van der Waals surface area contributed by atoms with E-state index in [9.17, 15) is 76.7 Å². The normalized spacial score (nSPS) is 18.1. The molecule has 0 aromatic heterocycles. The number of hydrogen-bond donors (Lipinski definition) is 4. The number of carbonyl (C=O) groups excluding carboxylic acids is 16. The van der Waals surface area contributed by atoms with Crippen LogP contribution in [0.4, 0.5) is 29.7 Å². The fourth-order valence-corrected chi connectivity index (χ4v) is 20.2. The van der Waals surface area contributed by atoms with Gasteiger partial charge in [-0.3, -0.25) is 98.5 Å². The number of imide groups is 10. The summed E-state index contributed by atoms with van der Waals surface area (Å²) < 4.78 is 5.16. The number of ether oxygens (including phenoxy) is 1. The summed E-state index contributed by atoms with van der Waals surface area (Å²) in [6, 6.07) is 113. The number of carbonyl (C=O) groups is 16. The molecule has 0 bridgehead atoms. The number of rotatable bonds is 26. The lowest BCUT2D eigenvalue weighted by molar-refractivity contribution is -0.153. The van der Waals surface area contributed by atoms with Gasteiger partial charge < -0.3 is 4.74 Å². The van der Waals surface area contributed by atoms with Crippen LogP contribution in [0.25, 0.3) is 0 Å². The molecule has 5 unspecified atom stereocenters. The number of ketones is 1. The maximum atomic E-state index is 13.5. The zero-order valence-corrected chi connectivity index (χ0v) is 81.5. The minimum absolute atomic E-state index is 0.0470. The van der Waals surface area contributed by atoms with E-state index in [1.165, 1.54) is 19.6 Å². The predicted molar refractivity (Wildman–Crippen MR) is 555 cm³/mol. The summed E-state index contributed by atoms with van der Waals surface area (Å²) in [5.74, 6) is -10.8. The van der Waals surface area contributed by atoms with Crippen LogP contribution in [0.5, 0.6) is 5.75 Å². The quantitative estimate of drug-likeness (QED) is 0.0289. The van der Waals surface area contributed by atoms with Gasteiger partial charge in [-0.1, -0.05) is 403 Å². The van der Waals surface area contributed by atoms with Gasteiger partial charge >= 0.3 is 30.2 Å². The van der Waals surface area contributed by atoms with Crippen LogP contribution < -0.4 is 30.9 Å². The number of nitrogens with zero attached hydrogens (tertiary/aromatic N) is 6. The highest BCUT2D eigenvalue weighted by Gasteiger charge is 2.53. The minimum Gasteiger partial charge on any atom is -0.497 e. The summed E-state index contributed by atoms with van der Waals surface area (Å²) in [5, 5.41) is 9.42. The van der Waals surface area contributed by atoms with Crippen molar-refractivity contribution in [2.75, 3.05) is 12.0 Å². The van der Waals surface area contributed by atoms with Gasteiger partial charge in [0.25, 0.3) is 0 Å². The van der Waals surface area contributed by atoms with E-state index in [1.807, 2.05) is 297 Å². The Morgan fingerprint density at radius 3 is 1.00 bits per heavy atom. The number of hydrogen-bond acceptors (Lipinski definition) is 17. The molecule has 20 amide bonds. The first kappa shape index (κ1) is 103. The van der Waals surface area contributed by atoms with Crippen molar-refractivity contribution < 1.29 is 81.4 Å². The molecule has 0 radical (unpaired) electrons. The van der Waals surface area contributed by atoms with Gasteiger partial charge in [-0.05, 0) is 130 Å². The highest BCUT2D eigenvalue weighted by atomic mass is 16.5. The van der Waals surface area contributed by atoms with E-state index in [-0.39, 0.29) is 61.5 Å². The molecule has 2 aliphatic carbocycles. The molecule has 5 heterocycles. The van der Waals surface area contributed by atoms with Crippen LogP contribution in [0.2, 0.25) is 0 Å². The Bertz CT molecular complexity index is 6540. The van der Waals surface area contributed by atoms with Crippen molar-refractivity contribution in [2.45, 2.75) is 132 Å². The molecule has 7 fully saturated rings. The van der Waals surface area contributed by atoms with Crippen molar-refractivity contribution in [3.05, 3.63) is 455 Å². The largest absolute Gasteiger partial charge is 0.497 e. The maximum Gasteiger partial charge on any atom is 0.335 e. The van der Waals surface area contributed by atoms with Crippen molar-refractivity contribution >= 4 is 101 Å². The molecule has 0 spiro atoms. The molecular weight excluding hydrogens is 1870 g/mol. The first-order chi connectivity index (χ1) is 72.1. The first-order valence-corrected chi connectivity index (χ1v) is 49.7. The van der Waals surface area contributed by atoms with Crippen molar-refractivity contribution in [1.29, 1.82) is 0 Å². The van der Waals surface area contributed by atoms with Gasteiger partial charge in [-0.25, -0.2) is 28.9 Å². The highest BCUT2D eigenvalue weighted by Crippen LogP contribution is 2.42. The molecule has 148 heavy (non-hydrogen) atoms. The van der Waals surface area contributed by atoms with Gasteiger partial charge in [0.2, 0.25) is 59.1 Å². The topological polar surface area (TPSA) is 350 Å². The Morgan fingerprint density at radius 1 is 0.297 bits per heavy atom. The van der Waals surface area contributed by atoms with Gasteiger partial charge in [0.1, 0.15) is 35.3 Å². The van der Waals surface area contributed by atoms with Gasteiger partial charge in [-0.2, -0.15) is 0 Å². The Hall–Kier alpha value is -17.6. The summed E-state index contributed by atoms with van der Waals surface area (Å²) >= 11 is 0. The molecule has 2 saturated carbocycles. The van der Waals surface area contributed by atoms with E-state index in [4.69, 9.17) is 4.74 Å². The number of methoxy groups -OCH3 is 1. The number of barbiturate groups is 5. The zero-order chi connectivity index (χ0) is 104. The molecule has 13 aromatic rings. The number of para-hydroxylation sites is 1. The zero-order valence-electron chi connectivity index (χ0n) is 81.5. The van der Waals surface area contributed by atoms with Crippen LogP contribution in [-0.2, 0) is 73.8 Å². The van der Waals surface area contributed by atoms with Gasteiger partial charge in [0.15, 0.2) is 5.78 Å². The smallest absolute Gasteiger partial charge is 0.335 e. The maximum absolute atomic E-state index is 13.5. The van der Waals surface area contributed by atoms with Crippen molar-refractivity contribution in [2.24, 2.45) is 29.6 Å². The van der Waals surface area contributed by atoms with Crippen molar-refractivity contribution in [3.63, 3.8) is 0 Å². The molecule has 4 N–H and O–H groups in total. The lowest BCUT2D eigenvalue weighted by Gasteiger charge is -2.45. The van der Waals surface area contributed by atoms with Gasteiger partial charge in [0, 0.05) is 35.9 Å². The molecule has 748 valence electrons. The molecule has 5 aliphatic heterocycles. The van der Waals surface area contributed by atoms with Crippen LogP contribution in [0.3, 0.4) is 0 Å². The second kappa shape index (κ2) is 49.6. The fourth-order valence-electron chi connectivity index (χ4n) is 20.2. The molecule has 13 aromatic carbocycles. The molecule has 5 saturated heterocycles. The third kappa shape index (κ3) is 24.7. The van der Waals surface area contributed by atoms with Crippen LogP contribution in [0.15, 0.2) is 388 Å². The number of amides is 20. The summed E-state index contributed by atoms with van der Waals surface area (Å²) in [7, 11) is 1.57. The monoisotopic (exact) mass is 1980 g/mol. The Kier molecular flexibility index (Phi) is 34.6. The van der Waals surface area contributed by atoms with Crippen molar-refractivity contribution in [1.82, 2.24) is 45.8 Å². The highest BCUT2D eigenvalue weighted by molar-refractivity contribution is 6.28. The number of benzene rings is 13. The number of nitrogens with one attached hydrogen (secondary N) is 4. The average Bonchev–Trinajstić information content (AvgIpc) is 0.751. The first-order valence-electron chi connectivity index (χ1n) is 49.7. The number of urea groups is 5. The summed E-state index contributed by atoms with van der Waals surface area (Å²) in [4.78, 5) is 215. The third-order valence-corrected chi connectivity index (χ3v) is 27.6. The van der Waals surface area contributed by atoms with E-state index >= 15 is 0 Å². The van der Waals surface area contributed by atoms with E-state index in [0.29, 0.717) is 29.0 Å². The van der Waals surface area contributed by atoms with Gasteiger partial charge in [-0.15, -0.1) is 0 Å². The third-order valence-electron chi connectivity index (χ3n) is 27.6. The number of Topliss-reactive ketones (excluding diaryl/α,β-unsaturated/α-hetero) is 1.